The van der Waals surface area contributed by atoms with Crippen molar-refractivity contribution < 1.29 is 73.1 Å². The predicted octanol–water partition coefficient (Wildman–Crippen LogP) is -8.01. The number of hydrogen-bond acceptors (Lipinski definition) is 8. The fourth-order valence-corrected chi connectivity index (χ4v) is 0. The van der Waals surface area contributed by atoms with Crippen molar-refractivity contribution >= 4 is 23.9 Å². The summed E-state index contributed by atoms with van der Waals surface area (Å²) < 4.78 is 0. The van der Waals surface area contributed by atoms with E-state index in [-0.39, 0.29) is 39.6 Å². The van der Waals surface area contributed by atoms with Crippen LogP contribution in [0.4, 0.5) is 0 Å². The van der Waals surface area contributed by atoms with Gasteiger partial charge in [0.05, 0.1) is 11.9 Å². The third-order valence-electron chi connectivity index (χ3n) is 0.341. The van der Waals surface area contributed by atoms with Gasteiger partial charge in [0.15, 0.2) is 5.97 Å². The first-order chi connectivity index (χ1) is 5.29. The summed E-state index contributed by atoms with van der Waals surface area (Å²) in [5.41, 5.74) is 0. The number of carboxylic acid groups (broad SMARTS) is 4. The zero-order valence-electron chi connectivity index (χ0n) is 7.87. The summed E-state index contributed by atoms with van der Waals surface area (Å²) in [6.07, 6.45) is 0. The van der Waals surface area contributed by atoms with Gasteiger partial charge in [-0.25, -0.2) is 4.79 Å². The molecule has 0 rings (SSSR count). The summed E-state index contributed by atoms with van der Waals surface area (Å²) in [6.45, 7) is 0. The number of carbonyl (C=O) groups is 4. The van der Waals surface area contributed by atoms with Crippen LogP contribution < -0.4 is 21.5 Å². The molecule has 0 heterocycles. The number of rotatable bonds is 0. The second-order valence-corrected chi connectivity index (χ2v) is 1.17. The summed E-state index contributed by atoms with van der Waals surface area (Å²) in [6, 6.07) is 0. The van der Waals surface area contributed by atoms with E-state index in [4.69, 9.17) is 39.6 Å². The van der Waals surface area contributed by atoms with Gasteiger partial charge in [-0.05, 0) is 0 Å². The summed E-state index contributed by atoms with van der Waals surface area (Å²) in [5, 5.41) is 34.2. The van der Waals surface area contributed by atoms with Crippen molar-refractivity contribution in [2.75, 3.05) is 0 Å². The summed E-state index contributed by atoms with van der Waals surface area (Å²) in [7, 11) is 0. The Kier molecular flexibility index (Phi) is 63.7. The first-order valence-corrected chi connectivity index (χ1v) is 2.15. The second kappa shape index (κ2) is 23.8. The van der Waals surface area contributed by atoms with E-state index in [9.17, 15) is 0 Å². The zero-order valence-corrected chi connectivity index (χ0v) is 8.97. The van der Waals surface area contributed by atoms with Crippen LogP contribution in [0.5, 0.6) is 0 Å². The van der Waals surface area contributed by atoms with Gasteiger partial charge in [-0.3, -0.25) is 0 Å². The van der Waals surface area contributed by atoms with Crippen LogP contribution in [0, 0.1) is 0 Å². The number of carboxylic acids is 4. The number of aliphatic carboxylic acids is 4. The van der Waals surface area contributed by atoms with Crippen LogP contribution in [-0.2, 0) is 36.2 Å². The van der Waals surface area contributed by atoms with Crippen molar-refractivity contribution in [2.45, 2.75) is 0 Å². The van der Waals surface area contributed by atoms with Gasteiger partial charge in [0.25, 0.3) is 0 Å². The van der Waals surface area contributed by atoms with Gasteiger partial charge in [-0.2, -0.15) is 0 Å². The summed E-state index contributed by atoms with van der Waals surface area (Å²) in [4.78, 5) is 35.9. The molecule has 0 aromatic rings. The molecule has 0 saturated heterocycles. The monoisotopic (exact) mass is 304 g/mol. The molecule has 17 heavy (non-hydrogen) atoms. The SMILES string of the molecule is N.O.O.O.O=C([O-])C(=O)O.O=C([O-])C(=O)[O-].[Fe+3]. The van der Waals surface area contributed by atoms with E-state index < -0.39 is 23.9 Å². The Balaban J connectivity index is -0.0000000182. The van der Waals surface area contributed by atoms with Crippen molar-refractivity contribution in [3.63, 3.8) is 0 Å². The van der Waals surface area contributed by atoms with Gasteiger partial charge < -0.3 is 57.4 Å². The molecule has 105 valence electrons. The van der Waals surface area contributed by atoms with Crippen LogP contribution in [-0.4, -0.2) is 45.4 Å². The van der Waals surface area contributed by atoms with Gasteiger partial charge in [-0.1, -0.05) is 0 Å². The third kappa shape index (κ3) is 54.8. The molecule has 0 aromatic heterocycles. The minimum Gasteiger partial charge on any atom is -0.543 e. The first kappa shape index (κ1) is 45.5. The molecule has 0 spiro atoms. The largest absolute Gasteiger partial charge is 3.00 e. The molecule has 0 fully saturated rings. The fraction of sp³-hybridized carbons (Fsp3) is 0. The molecule has 0 aliphatic carbocycles. The van der Waals surface area contributed by atoms with Crippen molar-refractivity contribution in [2.24, 2.45) is 0 Å². The molecule has 10 N–H and O–H groups in total. The Labute approximate surface area is 104 Å². The van der Waals surface area contributed by atoms with E-state index in [0.717, 1.165) is 0 Å². The molecule has 12 nitrogen and oxygen atoms in total. The van der Waals surface area contributed by atoms with Crippen LogP contribution in [0.15, 0.2) is 0 Å². The minimum absolute atomic E-state index is 0. The topological polar surface area (TPSA) is 287 Å². The van der Waals surface area contributed by atoms with Crippen LogP contribution >= 0.6 is 0 Å². The Morgan fingerprint density at radius 1 is 0.706 bits per heavy atom. The predicted molar refractivity (Wildman–Crippen MR) is 38.5 cm³/mol. The molecule has 0 aromatic carbocycles. The van der Waals surface area contributed by atoms with Crippen molar-refractivity contribution in [3.8, 4) is 0 Å². The van der Waals surface area contributed by atoms with Gasteiger partial charge in [0.2, 0.25) is 0 Å². The van der Waals surface area contributed by atoms with E-state index in [2.05, 4.69) is 0 Å². The molecule has 1 radical (unpaired) electrons. The zero-order chi connectivity index (χ0) is 10.3. The fourth-order valence-electron chi connectivity index (χ4n) is 0. The van der Waals surface area contributed by atoms with E-state index >= 15 is 0 Å². The average Bonchev–Trinajstić information content (AvgIpc) is 1.88. The molecule has 0 unspecified atom stereocenters. The number of carbonyl (C=O) groups excluding carboxylic acids is 3. The summed E-state index contributed by atoms with van der Waals surface area (Å²) in [5.74, 6) is -8.38. The van der Waals surface area contributed by atoms with E-state index in [0.29, 0.717) is 0 Å². The first-order valence-electron chi connectivity index (χ1n) is 2.15. The molecule has 0 aliphatic heterocycles. The Hall–Kier alpha value is -1.76. The smallest absolute Gasteiger partial charge is 0.543 e. The molecule has 0 bridgehead atoms. The molecule has 13 heteroatoms. The quantitative estimate of drug-likeness (QED) is 0.316. The molecule has 0 aliphatic rings. The van der Waals surface area contributed by atoms with Crippen LogP contribution in [0.3, 0.4) is 0 Å². The van der Waals surface area contributed by atoms with Crippen LogP contribution in [0.2, 0.25) is 0 Å². The van der Waals surface area contributed by atoms with Crippen LogP contribution in [0.1, 0.15) is 0 Å². The molecule has 0 amide bonds. The molecular formula is C4H10FeNO11. The van der Waals surface area contributed by atoms with Gasteiger partial charge in [0, 0.05) is 0 Å². The maximum absolute atomic E-state index is 9.04. The van der Waals surface area contributed by atoms with Gasteiger partial charge >= 0.3 is 23.0 Å². The van der Waals surface area contributed by atoms with Crippen LogP contribution in [0.25, 0.3) is 0 Å². The van der Waals surface area contributed by atoms with Crippen molar-refractivity contribution in [1.29, 1.82) is 0 Å². The minimum atomic E-state index is -2.19. The van der Waals surface area contributed by atoms with E-state index in [1.807, 2.05) is 0 Å². The van der Waals surface area contributed by atoms with E-state index in [1.54, 1.807) is 0 Å². The van der Waals surface area contributed by atoms with Gasteiger partial charge in [0.1, 0.15) is 0 Å². The molecule has 0 atom stereocenters. The van der Waals surface area contributed by atoms with Gasteiger partial charge in [-0.15, -0.1) is 0 Å². The Morgan fingerprint density at radius 2 is 0.824 bits per heavy atom. The average molecular weight is 304 g/mol. The van der Waals surface area contributed by atoms with Crippen molar-refractivity contribution in [3.05, 3.63) is 0 Å². The maximum atomic E-state index is 9.04. The summed E-state index contributed by atoms with van der Waals surface area (Å²) >= 11 is 0. The number of hydrogen-bond donors (Lipinski definition) is 2. The second-order valence-electron chi connectivity index (χ2n) is 1.17. The third-order valence-corrected chi connectivity index (χ3v) is 0.341. The molecular weight excluding hydrogens is 294 g/mol. The van der Waals surface area contributed by atoms with E-state index in [1.165, 1.54) is 0 Å². The normalized spacial score (nSPS) is 5.18. The standard InChI is InChI=1S/2C2H2O4.Fe.H3N.3H2O/c2*3-1(4)2(5)6;;;;;/h2*(H,3,4)(H,5,6);;1H3;3*1H2/q;;+3;;;;/p-3. The Bertz CT molecular complexity index is 180. The molecule has 0 saturated carbocycles. The Morgan fingerprint density at radius 3 is 0.824 bits per heavy atom. The maximum Gasteiger partial charge on any atom is 3.00 e. The van der Waals surface area contributed by atoms with Crippen molar-refractivity contribution in [1.82, 2.24) is 6.15 Å².